The smallest absolute Gasteiger partial charge is 0.282 e. The number of H-pyrrole nitrogens is 3. The summed E-state index contributed by atoms with van der Waals surface area (Å²) >= 11 is 0. The lowest BCUT2D eigenvalue weighted by atomic mass is 9.48. The summed E-state index contributed by atoms with van der Waals surface area (Å²) in [7, 11) is 6.50. The molecule has 15 nitrogen and oxygen atoms in total. The van der Waals surface area contributed by atoms with Crippen LogP contribution in [0.25, 0.3) is 9.69 Å². The molecule has 0 aromatic carbocycles. The summed E-state index contributed by atoms with van der Waals surface area (Å²) in [6.45, 7) is 33.5. The van der Waals surface area contributed by atoms with Crippen LogP contribution in [-0.4, -0.2) is 59.3 Å². The Morgan fingerprint density at radius 3 is 1.69 bits per heavy atom. The molecule has 2 saturated carbocycles. The molecule has 6 aliphatic carbocycles. The largest absolute Gasteiger partial charge is 0.392 e. The highest BCUT2D eigenvalue weighted by molar-refractivity contribution is 6.02. The molecule has 1 aliphatic heterocycles. The molecule has 2 fully saturated rings. The number of nitrogens with one attached hydrogen (secondary N) is 3. The number of ketones is 2. The zero-order valence-electron chi connectivity index (χ0n) is 40.9. The molecule has 3 aromatic heterocycles. The number of carbonyl (C=O) groups excluding carboxylic acids is 2. The molecule has 4 heterocycles. The summed E-state index contributed by atoms with van der Waals surface area (Å²) in [6, 6.07) is -0.601. The standard InChI is InChI=1S/C16H23N3O2.C16H21N3O2.C16H19N3O2.CH4/c1-15(2)11-6-5-10-12(18-19(4)14(10)20)16(11,3)7-9-8-17-21-13(9)15;2*1-15(2)11-7-6-9-12(18-19(5)14(9)21)16(11,3)8-10(17-4)13(15)20;/h8-9,11,13,18H,5-7H2,1-4H3;10-11,18H,6-8H2,1-3,5H3;8,11,18H,6-7H2,1-3,5H3;1H4/t9?,11-,13?,16-;10?,11-,16-;11-,16-;/m000./s1/i;;;1T. The minimum absolute atomic E-state index is 0.00160. The Labute approximate surface area is 377 Å². The van der Waals surface area contributed by atoms with E-state index < -0.39 is 22.3 Å². The van der Waals surface area contributed by atoms with Gasteiger partial charge in [-0.15, -0.1) is 0 Å². The number of carbonyl (C=O) groups is 2. The number of Topliss-reactive ketones (excluding diaryl/α,β-unsaturated/α-hetero) is 2. The fourth-order valence-electron chi connectivity index (χ4n) is 14.3. The van der Waals surface area contributed by atoms with Crippen LogP contribution in [0.3, 0.4) is 0 Å². The highest BCUT2D eigenvalue weighted by Crippen LogP contribution is 2.60. The van der Waals surface area contributed by atoms with E-state index in [4.69, 9.17) is 19.4 Å². The third-order valence-electron chi connectivity index (χ3n) is 17.4. The molecule has 0 amide bonds. The molecule has 0 bridgehead atoms. The van der Waals surface area contributed by atoms with E-state index in [1.54, 1.807) is 24.9 Å². The number of hydrogen-bond acceptors (Lipinski definition) is 7. The van der Waals surface area contributed by atoms with Crippen LogP contribution < -0.4 is 16.7 Å². The first-order chi connectivity index (χ1) is 30.3. The van der Waals surface area contributed by atoms with Gasteiger partial charge in [-0.3, -0.25) is 48.5 Å². The van der Waals surface area contributed by atoms with Gasteiger partial charge in [0.1, 0.15) is 6.10 Å². The topological polar surface area (TPSA) is 178 Å². The minimum Gasteiger partial charge on any atom is -0.392 e. The minimum atomic E-state index is -0.601. The third-order valence-corrected chi connectivity index (χ3v) is 17.4. The van der Waals surface area contributed by atoms with Crippen molar-refractivity contribution in [3.05, 3.63) is 99.4 Å². The SMILES string of the molecule is Cn1[nH]c2c(c1=O)CC[C@H]1C(C)(C)C3ON=CC3C[C@]21C.[3H]C.[C-]#[N+]C1=C[C@]2(C)c3[nH]n(C)c(=O)c3CC[C@H]2C(C)(C)C1=O.[C-]#[N+]C1C[C@]2(C)c3[nH]n(C)c(=O)c3CC[C@H]2C(C)(C)C1=O. The highest BCUT2D eigenvalue weighted by Gasteiger charge is 2.62. The lowest BCUT2D eigenvalue weighted by Crippen LogP contribution is -2.57. The van der Waals surface area contributed by atoms with Crippen LogP contribution in [0.1, 0.15) is 137 Å². The third kappa shape index (κ3) is 6.29. The van der Waals surface area contributed by atoms with Crippen LogP contribution in [0.2, 0.25) is 0 Å². The molecule has 344 valence electrons. The maximum absolute atomic E-state index is 12.6. The highest BCUT2D eigenvalue weighted by atomic mass is 16.6. The van der Waals surface area contributed by atoms with Crippen LogP contribution in [0.4, 0.5) is 0 Å². The van der Waals surface area contributed by atoms with Gasteiger partial charge in [-0.1, -0.05) is 80.9 Å². The number of aryl methyl sites for hydroxylation is 3. The van der Waals surface area contributed by atoms with Crippen LogP contribution in [0, 0.1) is 53.1 Å². The van der Waals surface area contributed by atoms with E-state index in [1.165, 1.54) is 16.8 Å². The van der Waals surface area contributed by atoms with Crippen molar-refractivity contribution in [3.63, 3.8) is 0 Å². The first-order valence-electron chi connectivity index (χ1n) is 23.4. The number of allylic oxidation sites excluding steroid dienone is 2. The number of aromatic nitrogens is 6. The first-order valence-corrected chi connectivity index (χ1v) is 22.4. The van der Waals surface area contributed by atoms with E-state index in [1.807, 2.05) is 47.9 Å². The number of rotatable bonds is 0. The normalized spacial score (nSPS) is 34.0. The Kier molecular flexibility index (Phi) is 10.6. The Morgan fingerprint density at radius 2 is 1.17 bits per heavy atom. The zero-order valence-corrected chi connectivity index (χ0v) is 39.9. The molecule has 3 aromatic rings. The van der Waals surface area contributed by atoms with E-state index >= 15 is 0 Å². The number of oxime groups is 1. The van der Waals surface area contributed by atoms with Crippen LogP contribution in [0.15, 0.2) is 31.3 Å². The second-order valence-corrected chi connectivity index (χ2v) is 22.0. The van der Waals surface area contributed by atoms with Gasteiger partial charge in [0.25, 0.3) is 22.7 Å². The number of hydrogen-bond donors (Lipinski definition) is 3. The molecule has 64 heavy (non-hydrogen) atoms. The Bertz CT molecular complexity index is 2780. The van der Waals surface area contributed by atoms with E-state index in [9.17, 15) is 24.0 Å². The van der Waals surface area contributed by atoms with Gasteiger partial charge in [-0.05, 0) is 62.7 Å². The second kappa shape index (κ2) is 15.1. The molecule has 3 unspecified atom stereocenters. The molecule has 15 heteroatoms. The molecule has 0 saturated heterocycles. The molecular formula is C49H67N9O6. The van der Waals surface area contributed by atoms with Crippen molar-refractivity contribution >= 4 is 17.8 Å². The van der Waals surface area contributed by atoms with Crippen molar-refractivity contribution in [2.24, 2.45) is 66.2 Å². The van der Waals surface area contributed by atoms with E-state index in [-0.39, 0.29) is 68.1 Å². The quantitative estimate of drug-likeness (QED) is 0.221. The summed E-state index contributed by atoms with van der Waals surface area (Å²) in [5.41, 5.74) is 4.11. The average Bonchev–Trinajstić information content (AvgIpc) is 4.01. The monoisotopic (exact) mass is 880 g/mol. The summed E-state index contributed by atoms with van der Waals surface area (Å²) in [5, 5.41) is 13.8. The van der Waals surface area contributed by atoms with Crippen molar-refractivity contribution in [2.45, 2.75) is 149 Å². The van der Waals surface area contributed by atoms with Gasteiger partial charge >= 0.3 is 0 Å². The molecule has 0 radical (unpaired) electrons. The molecular weight excluding hydrogens is 811 g/mol. The maximum atomic E-state index is 12.6. The Hall–Kier alpha value is -5.44. The fraction of sp³-hybridized carbons (Fsp3) is 0.673. The van der Waals surface area contributed by atoms with E-state index in [2.05, 4.69) is 57.8 Å². The molecule has 10 rings (SSSR count). The van der Waals surface area contributed by atoms with Crippen molar-refractivity contribution in [3.8, 4) is 0 Å². The zero-order chi connectivity index (χ0) is 48.1. The summed E-state index contributed by atoms with van der Waals surface area (Å²) in [6.07, 6.45) is 10.4. The van der Waals surface area contributed by atoms with Crippen molar-refractivity contribution in [1.82, 2.24) is 29.3 Å². The van der Waals surface area contributed by atoms with Gasteiger partial charge < -0.3 is 14.5 Å². The van der Waals surface area contributed by atoms with Gasteiger partial charge in [-0.2, -0.15) is 0 Å². The molecule has 7 aliphatic rings. The van der Waals surface area contributed by atoms with Gasteiger partial charge in [0.2, 0.25) is 11.5 Å². The van der Waals surface area contributed by atoms with E-state index in [0.29, 0.717) is 31.1 Å². The van der Waals surface area contributed by atoms with E-state index in [0.717, 1.165) is 65.9 Å². The number of aromatic amines is 3. The molecule has 0 spiro atoms. The Morgan fingerprint density at radius 1 is 0.703 bits per heavy atom. The van der Waals surface area contributed by atoms with Crippen LogP contribution in [-0.2, 0) is 71.1 Å². The van der Waals surface area contributed by atoms with Gasteiger partial charge in [-0.25, -0.2) is 11.4 Å². The van der Waals surface area contributed by atoms with Gasteiger partial charge in [0.15, 0.2) is 5.78 Å². The van der Waals surface area contributed by atoms with Crippen molar-refractivity contribution in [1.29, 1.82) is 0 Å². The van der Waals surface area contributed by atoms with Crippen molar-refractivity contribution < 1.29 is 15.8 Å². The molecule has 3 N–H and O–H groups in total. The summed E-state index contributed by atoms with van der Waals surface area (Å²) in [4.78, 5) is 74.4. The van der Waals surface area contributed by atoms with Gasteiger partial charge in [0.05, 0.1) is 12.8 Å². The summed E-state index contributed by atoms with van der Waals surface area (Å²) in [5.74, 6) is 1.08. The first kappa shape index (κ1) is 45.1. The van der Waals surface area contributed by atoms with Crippen molar-refractivity contribution in [2.75, 3.05) is 0 Å². The predicted molar refractivity (Wildman–Crippen MR) is 245 cm³/mol. The maximum Gasteiger partial charge on any atom is 0.282 e. The number of fused-ring (bicyclic) bond motifs is 10. The average molecular weight is 880 g/mol. The molecule has 9 atom stereocenters. The predicted octanol–water partition coefficient (Wildman–Crippen LogP) is 6.37. The van der Waals surface area contributed by atoms with Crippen LogP contribution >= 0.6 is 0 Å². The van der Waals surface area contributed by atoms with Crippen LogP contribution in [0.5, 0.6) is 0 Å². The lowest BCUT2D eigenvalue weighted by molar-refractivity contribution is -0.137. The fourth-order valence-corrected chi connectivity index (χ4v) is 14.3. The lowest BCUT2D eigenvalue weighted by Gasteiger charge is -2.56. The summed E-state index contributed by atoms with van der Waals surface area (Å²) < 4.78 is 10.4. The number of nitrogens with zero attached hydrogens (tertiary/aromatic N) is 6. The Balaban J connectivity index is 0.000000143. The second-order valence-electron chi connectivity index (χ2n) is 22.0. The van der Waals surface area contributed by atoms with Gasteiger partial charge in [0, 0.05) is 101 Å².